The van der Waals surface area contributed by atoms with Gasteiger partial charge in [-0.25, -0.2) is 0 Å². The van der Waals surface area contributed by atoms with Crippen LogP contribution < -0.4 is 5.32 Å². The average Bonchev–Trinajstić information content (AvgIpc) is 2.40. The first-order valence-electron chi connectivity index (χ1n) is 7.74. The molecule has 2 nitrogen and oxygen atoms in total. The molecular weight excluding hydrogens is 210 g/mol. The second-order valence-corrected chi connectivity index (χ2v) is 6.41. The van der Waals surface area contributed by atoms with Crippen molar-refractivity contribution < 1.29 is 4.74 Å². The van der Waals surface area contributed by atoms with Crippen molar-refractivity contribution in [3.05, 3.63) is 0 Å². The van der Waals surface area contributed by atoms with Gasteiger partial charge in [-0.05, 0) is 50.4 Å². The fourth-order valence-corrected chi connectivity index (χ4v) is 4.11. The Hall–Kier alpha value is -0.0800. The summed E-state index contributed by atoms with van der Waals surface area (Å²) in [6, 6.07) is 0.813. The van der Waals surface area contributed by atoms with Gasteiger partial charge >= 0.3 is 0 Å². The molecule has 2 unspecified atom stereocenters. The van der Waals surface area contributed by atoms with E-state index in [0.29, 0.717) is 11.5 Å². The van der Waals surface area contributed by atoms with E-state index in [0.717, 1.165) is 19.2 Å². The number of hydrogen-bond donors (Lipinski definition) is 1. The Labute approximate surface area is 105 Å². The van der Waals surface area contributed by atoms with Crippen molar-refractivity contribution >= 4 is 0 Å². The van der Waals surface area contributed by atoms with Crippen LogP contribution in [0.15, 0.2) is 0 Å². The smallest absolute Gasteiger partial charge is 0.0699 e. The van der Waals surface area contributed by atoms with Gasteiger partial charge in [-0.1, -0.05) is 19.3 Å². The predicted molar refractivity (Wildman–Crippen MR) is 70.1 cm³/mol. The molecule has 1 N–H and O–H groups in total. The summed E-state index contributed by atoms with van der Waals surface area (Å²) < 4.78 is 5.81. The Balaban J connectivity index is 1.45. The van der Waals surface area contributed by atoms with E-state index in [1.165, 1.54) is 64.2 Å². The summed E-state index contributed by atoms with van der Waals surface area (Å²) in [7, 11) is 0. The summed E-state index contributed by atoms with van der Waals surface area (Å²) in [6.07, 6.45) is 14.7. The third-order valence-corrected chi connectivity index (χ3v) is 5.39. The number of nitrogens with one attached hydrogen (secondary N) is 1. The lowest BCUT2D eigenvalue weighted by Gasteiger charge is -2.53. The Morgan fingerprint density at radius 1 is 0.941 bits per heavy atom. The van der Waals surface area contributed by atoms with Crippen LogP contribution in [0.5, 0.6) is 0 Å². The summed E-state index contributed by atoms with van der Waals surface area (Å²) in [6.45, 7) is 2.09. The fourth-order valence-electron chi connectivity index (χ4n) is 4.11. The third kappa shape index (κ3) is 2.53. The minimum Gasteiger partial charge on any atom is -0.377 e. The molecule has 0 bridgehead atoms. The first-order valence-corrected chi connectivity index (χ1v) is 7.74. The monoisotopic (exact) mass is 237 g/mol. The van der Waals surface area contributed by atoms with Crippen LogP contribution in [0.2, 0.25) is 0 Å². The van der Waals surface area contributed by atoms with E-state index in [9.17, 15) is 0 Å². The fraction of sp³-hybridized carbons (Fsp3) is 1.00. The first-order chi connectivity index (χ1) is 8.39. The van der Waals surface area contributed by atoms with E-state index in [2.05, 4.69) is 5.32 Å². The van der Waals surface area contributed by atoms with Crippen molar-refractivity contribution in [2.45, 2.75) is 76.4 Å². The summed E-state index contributed by atoms with van der Waals surface area (Å²) in [5.41, 5.74) is 0.701. The summed E-state index contributed by atoms with van der Waals surface area (Å²) in [5, 5.41) is 3.82. The number of rotatable bonds is 3. The molecule has 2 atom stereocenters. The molecule has 2 heteroatoms. The van der Waals surface area contributed by atoms with Gasteiger partial charge in [0.05, 0.1) is 6.10 Å². The van der Waals surface area contributed by atoms with E-state index in [1.807, 2.05) is 0 Å². The molecule has 3 aliphatic rings. The minimum atomic E-state index is 0.505. The zero-order chi connectivity index (χ0) is 11.6. The first kappa shape index (κ1) is 12.0. The quantitative estimate of drug-likeness (QED) is 0.813. The lowest BCUT2D eigenvalue weighted by Crippen LogP contribution is -2.55. The maximum absolute atomic E-state index is 5.81. The molecule has 3 fully saturated rings. The summed E-state index contributed by atoms with van der Waals surface area (Å²) in [4.78, 5) is 0. The van der Waals surface area contributed by atoms with Crippen molar-refractivity contribution in [2.75, 3.05) is 13.2 Å². The van der Waals surface area contributed by atoms with Gasteiger partial charge in [-0.3, -0.25) is 0 Å². The third-order valence-electron chi connectivity index (χ3n) is 5.39. The highest BCUT2D eigenvalue weighted by Gasteiger charge is 2.46. The van der Waals surface area contributed by atoms with Gasteiger partial charge in [0, 0.05) is 19.2 Å². The van der Waals surface area contributed by atoms with E-state index < -0.39 is 0 Å². The van der Waals surface area contributed by atoms with Gasteiger partial charge < -0.3 is 10.1 Å². The molecule has 2 aliphatic carbocycles. The maximum atomic E-state index is 5.81. The van der Waals surface area contributed by atoms with Crippen LogP contribution in [0.4, 0.5) is 0 Å². The molecular formula is C15H27NO. The minimum absolute atomic E-state index is 0.505. The molecule has 1 spiro atoms. The van der Waals surface area contributed by atoms with E-state index >= 15 is 0 Å². The van der Waals surface area contributed by atoms with Gasteiger partial charge in [0.2, 0.25) is 0 Å². The molecule has 17 heavy (non-hydrogen) atoms. The van der Waals surface area contributed by atoms with Crippen molar-refractivity contribution in [1.82, 2.24) is 5.32 Å². The normalized spacial score (nSPS) is 36.7. The van der Waals surface area contributed by atoms with Crippen LogP contribution in [-0.4, -0.2) is 25.3 Å². The Morgan fingerprint density at radius 3 is 2.47 bits per heavy atom. The summed E-state index contributed by atoms with van der Waals surface area (Å²) >= 11 is 0. The second-order valence-electron chi connectivity index (χ2n) is 6.41. The van der Waals surface area contributed by atoms with Gasteiger partial charge in [0.25, 0.3) is 0 Å². The van der Waals surface area contributed by atoms with E-state index in [4.69, 9.17) is 4.74 Å². The maximum Gasteiger partial charge on any atom is 0.0699 e. The molecule has 1 saturated heterocycles. The standard InChI is InChI=1S/C15H27NO/c1-3-8-15(9-4-1)10-7-14(15)16-12-13-6-2-5-11-17-13/h13-14,16H,1-12H2. The van der Waals surface area contributed by atoms with Crippen molar-refractivity contribution in [1.29, 1.82) is 0 Å². The Morgan fingerprint density at radius 2 is 1.82 bits per heavy atom. The van der Waals surface area contributed by atoms with Crippen molar-refractivity contribution in [3.8, 4) is 0 Å². The molecule has 0 amide bonds. The molecule has 0 aromatic carbocycles. The summed E-state index contributed by atoms with van der Waals surface area (Å²) in [5.74, 6) is 0. The molecule has 3 rings (SSSR count). The van der Waals surface area contributed by atoms with Crippen LogP contribution in [-0.2, 0) is 4.74 Å². The highest BCUT2D eigenvalue weighted by atomic mass is 16.5. The van der Waals surface area contributed by atoms with Gasteiger partial charge in [0.15, 0.2) is 0 Å². The molecule has 0 radical (unpaired) electrons. The molecule has 0 aromatic heterocycles. The van der Waals surface area contributed by atoms with Crippen molar-refractivity contribution in [3.63, 3.8) is 0 Å². The van der Waals surface area contributed by atoms with Crippen LogP contribution in [0, 0.1) is 5.41 Å². The van der Waals surface area contributed by atoms with Crippen LogP contribution in [0.25, 0.3) is 0 Å². The zero-order valence-electron chi connectivity index (χ0n) is 11.0. The van der Waals surface area contributed by atoms with Gasteiger partial charge in [0.1, 0.15) is 0 Å². The Kier molecular flexibility index (Phi) is 3.72. The lowest BCUT2D eigenvalue weighted by molar-refractivity contribution is -0.0117. The molecule has 1 aliphatic heterocycles. The highest BCUT2D eigenvalue weighted by molar-refractivity contribution is 5.01. The molecule has 98 valence electrons. The number of hydrogen-bond acceptors (Lipinski definition) is 2. The average molecular weight is 237 g/mol. The SMILES string of the molecule is C1CCC2(CC1)CCC2NCC1CCCCO1. The van der Waals surface area contributed by atoms with Crippen LogP contribution in [0.1, 0.15) is 64.2 Å². The van der Waals surface area contributed by atoms with Crippen molar-refractivity contribution in [2.24, 2.45) is 5.41 Å². The topological polar surface area (TPSA) is 21.3 Å². The Bertz CT molecular complexity index is 241. The number of ether oxygens (including phenoxy) is 1. The van der Waals surface area contributed by atoms with Crippen LogP contribution in [0.3, 0.4) is 0 Å². The molecule has 2 saturated carbocycles. The largest absolute Gasteiger partial charge is 0.377 e. The molecule has 0 aromatic rings. The van der Waals surface area contributed by atoms with E-state index in [-0.39, 0.29) is 0 Å². The van der Waals surface area contributed by atoms with Gasteiger partial charge in [-0.15, -0.1) is 0 Å². The lowest BCUT2D eigenvalue weighted by atomic mass is 9.57. The highest BCUT2D eigenvalue weighted by Crippen LogP contribution is 2.51. The molecule has 1 heterocycles. The van der Waals surface area contributed by atoms with E-state index in [1.54, 1.807) is 0 Å². The predicted octanol–water partition coefficient (Wildman–Crippen LogP) is 3.26. The van der Waals surface area contributed by atoms with Gasteiger partial charge in [-0.2, -0.15) is 0 Å². The zero-order valence-corrected chi connectivity index (χ0v) is 11.0. The second kappa shape index (κ2) is 5.27. The van der Waals surface area contributed by atoms with Crippen LogP contribution >= 0.6 is 0 Å².